The Hall–Kier alpha value is -0.970. The van der Waals surface area contributed by atoms with Gasteiger partial charge in [0.15, 0.2) is 0 Å². The molecular weight excluding hydrogens is 278 g/mol. The highest BCUT2D eigenvalue weighted by atomic mass is 35.5. The predicted molar refractivity (Wildman–Crippen MR) is 81.8 cm³/mol. The summed E-state index contributed by atoms with van der Waals surface area (Å²) in [6.45, 7) is 2.97. The van der Waals surface area contributed by atoms with Crippen LogP contribution in [0.3, 0.4) is 0 Å². The van der Waals surface area contributed by atoms with E-state index in [4.69, 9.17) is 17.3 Å². The first-order chi connectivity index (χ1) is 9.17. The molecule has 19 heavy (non-hydrogen) atoms. The van der Waals surface area contributed by atoms with Crippen molar-refractivity contribution in [1.82, 2.24) is 9.78 Å². The molecule has 0 amide bonds. The molecule has 1 atom stereocenters. The Morgan fingerprint density at radius 1 is 1.37 bits per heavy atom. The molecule has 3 nitrogen and oxygen atoms in total. The van der Waals surface area contributed by atoms with E-state index in [1.54, 1.807) is 11.8 Å². The van der Waals surface area contributed by atoms with E-state index in [2.05, 4.69) is 18.2 Å². The highest BCUT2D eigenvalue weighted by molar-refractivity contribution is 7.99. The monoisotopic (exact) mass is 295 g/mol. The number of thioether (sulfide) groups is 1. The molecule has 0 radical (unpaired) electrons. The molecule has 5 heteroatoms. The summed E-state index contributed by atoms with van der Waals surface area (Å²) in [6.07, 6.45) is 4.82. The largest absolute Gasteiger partial charge is 0.327 e. The summed E-state index contributed by atoms with van der Waals surface area (Å²) in [5.41, 5.74) is 7.35. The fourth-order valence-corrected chi connectivity index (χ4v) is 2.76. The van der Waals surface area contributed by atoms with Crippen LogP contribution in [-0.4, -0.2) is 21.6 Å². The molecule has 1 unspecified atom stereocenters. The Morgan fingerprint density at radius 2 is 2.11 bits per heavy atom. The molecule has 2 aromatic rings. The van der Waals surface area contributed by atoms with Crippen LogP contribution < -0.4 is 5.73 Å². The molecule has 1 heterocycles. The highest BCUT2D eigenvalue weighted by Gasteiger charge is 2.07. The van der Waals surface area contributed by atoms with Crippen molar-refractivity contribution >= 4 is 23.4 Å². The second kappa shape index (κ2) is 6.98. The average molecular weight is 296 g/mol. The van der Waals surface area contributed by atoms with Crippen LogP contribution >= 0.6 is 23.4 Å². The summed E-state index contributed by atoms with van der Waals surface area (Å²) in [5.74, 6) is 0.888. The van der Waals surface area contributed by atoms with Crippen LogP contribution in [0, 0.1) is 0 Å². The summed E-state index contributed by atoms with van der Waals surface area (Å²) in [6, 6.07) is 7.99. The Morgan fingerprint density at radius 3 is 2.74 bits per heavy atom. The van der Waals surface area contributed by atoms with E-state index < -0.39 is 0 Å². The van der Waals surface area contributed by atoms with Crippen molar-refractivity contribution in [2.45, 2.75) is 30.8 Å². The van der Waals surface area contributed by atoms with Gasteiger partial charge in [-0.1, -0.05) is 11.6 Å². The van der Waals surface area contributed by atoms with E-state index in [0.717, 1.165) is 23.7 Å². The molecule has 0 spiro atoms. The molecule has 1 aromatic carbocycles. The van der Waals surface area contributed by atoms with Gasteiger partial charge in [-0.15, -0.1) is 11.8 Å². The van der Waals surface area contributed by atoms with Crippen molar-refractivity contribution in [3.05, 3.63) is 47.2 Å². The third-order valence-corrected chi connectivity index (χ3v) is 4.24. The fraction of sp³-hybridized carbons (Fsp3) is 0.357. The number of halogens is 1. The number of nitrogens with zero attached hydrogens (tertiary/aromatic N) is 2. The van der Waals surface area contributed by atoms with Gasteiger partial charge in [0, 0.05) is 34.5 Å². The molecule has 0 saturated carbocycles. The number of benzene rings is 1. The minimum Gasteiger partial charge on any atom is -0.327 e. The van der Waals surface area contributed by atoms with E-state index in [-0.39, 0.29) is 6.04 Å². The van der Waals surface area contributed by atoms with Gasteiger partial charge in [-0.05, 0) is 43.2 Å². The zero-order valence-electron chi connectivity index (χ0n) is 10.9. The SMILES string of the molecule is CCn1cc(CC(N)CSc2ccc(Cl)cc2)cn1. The summed E-state index contributed by atoms with van der Waals surface area (Å²) >= 11 is 7.61. The molecule has 0 saturated heterocycles. The van der Waals surface area contributed by atoms with Crippen molar-refractivity contribution in [1.29, 1.82) is 0 Å². The number of nitrogens with two attached hydrogens (primary N) is 1. The number of aromatic nitrogens is 2. The third-order valence-electron chi connectivity index (χ3n) is 2.79. The molecule has 0 bridgehead atoms. The van der Waals surface area contributed by atoms with Gasteiger partial charge in [-0.3, -0.25) is 4.68 Å². The zero-order chi connectivity index (χ0) is 13.7. The van der Waals surface area contributed by atoms with E-state index in [1.807, 2.05) is 35.1 Å². The van der Waals surface area contributed by atoms with Gasteiger partial charge in [0.05, 0.1) is 6.20 Å². The van der Waals surface area contributed by atoms with Gasteiger partial charge < -0.3 is 5.73 Å². The Balaban J connectivity index is 1.81. The van der Waals surface area contributed by atoms with Crippen LogP contribution in [0.4, 0.5) is 0 Å². The predicted octanol–water partition coefficient (Wildman–Crippen LogP) is 3.22. The van der Waals surface area contributed by atoms with Crippen molar-refractivity contribution in [2.24, 2.45) is 5.73 Å². The molecule has 0 aliphatic rings. The van der Waals surface area contributed by atoms with Crippen molar-refractivity contribution in [3.63, 3.8) is 0 Å². The maximum absolute atomic E-state index is 6.15. The van der Waals surface area contributed by atoms with E-state index in [1.165, 1.54) is 10.5 Å². The maximum atomic E-state index is 6.15. The topological polar surface area (TPSA) is 43.8 Å². The molecular formula is C14H18ClN3S. The number of aryl methyl sites for hydroxylation is 1. The van der Waals surface area contributed by atoms with Gasteiger partial charge in [-0.25, -0.2) is 0 Å². The molecule has 0 fully saturated rings. The van der Waals surface area contributed by atoms with Crippen LogP contribution in [0.2, 0.25) is 5.02 Å². The van der Waals surface area contributed by atoms with Gasteiger partial charge in [0.1, 0.15) is 0 Å². The van der Waals surface area contributed by atoms with Gasteiger partial charge in [0.25, 0.3) is 0 Å². The first-order valence-electron chi connectivity index (χ1n) is 6.32. The zero-order valence-corrected chi connectivity index (χ0v) is 12.5. The molecule has 0 aliphatic heterocycles. The quantitative estimate of drug-likeness (QED) is 0.832. The third kappa shape index (κ3) is 4.56. The molecule has 2 rings (SSSR count). The Kier molecular flexibility index (Phi) is 5.31. The second-order valence-electron chi connectivity index (χ2n) is 4.43. The standard InChI is InChI=1S/C14H18ClN3S/c1-2-18-9-11(8-17-18)7-13(16)10-19-14-5-3-12(15)4-6-14/h3-6,8-9,13H,2,7,10,16H2,1H3. The highest BCUT2D eigenvalue weighted by Crippen LogP contribution is 2.21. The van der Waals surface area contributed by atoms with Gasteiger partial charge >= 0.3 is 0 Å². The number of hydrogen-bond donors (Lipinski definition) is 1. The maximum Gasteiger partial charge on any atom is 0.0522 e. The summed E-state index contributed by atoms with van der Waals surface area (Å²) in [4.78, 5) is 1.20. The van der Waals surface area contributed by atoms with Crippen LogP contribution in [-0.2, 0) is 13.0 Å². The lowest BCUT2D eigenvalue weighted by Crippen LogP contribution is -2.25. The minimum absolute atomic E-state index is 0.134. The fourth-order valence-electron chi connectivity index (χ4n) is 1.78. The van der Waals surface area contributed by atoms with Crippen LogP contribution in [0.1, 0.15) is 12.5 Å². The normalized spacial score (nSPS) is 12.6. The van der Waals surface area contributed by atoms with Crippen LogP contribution in [0.5, 0.6) is 0 Å². The smallest absolute Gasteiger partial charge is 0.0522 e. The van der Waals surface area contributed by atoms with Crippen LogP contribution in [0.15, 0.2) is 41.6 Å². The first kappa shape index (κ1) is 14.4. The summed E-state index contributed by atoms with van der Waals surface area (Å²) in [7, 11) is 0. The Labute approximate surface area is 123 Å². The summed E-state index contributed by atoms with van der Waals surface area (Å²) in [5, 5.41) is 5.02. The lowest BCUT2D eigenvalue weighted by molar-refractivity contribution is 0.658. The van der Waals surface area contributed by atoms with Gasteiger partial charge in [-0.2, -0.15) is 5.10 Å². The van der Waals surface area contributed by atoms with Crippen LogP contribution in [0.25, 0.3) is 0 Å². The lowest BCUT2D eigenvalue weighted by atomic mass is 10.1. The Bertz CT molecular complexity index is 510. The molecule has 2 N–H and O–H groups in total. The summed E-state index contributed by atoms with van der Waals surface area (Å²) < 4.78 is 1.92. The van der Waals surface area contributed by atoms with E-state index in [9.17, 15) is 0 Å². The number of rotatable bonds is 6. The first-order valence-corrected chi connectivity index (χ1v) is 7.69. The average Bonchev–Trinajstić information content (AvgIpc) is 2.86. The lowest BCUT2D eigenvalue weighted by Gasteiger charge is -2.09. The number of hydrogen-bond acceptors (Lipinski definition) is 3. The van der Waals surface area contributed by atoms with Gasteiger partial charge in [0.2, 0.25) is 0 Å². The van der Waals surface area contributed by atoms with E-state index >= 15 is 0 Å². The van der Waals surface area contributed by atoms with Crippen molar-refractivity contribution in [2.75, 3.05) is 5.75 Å². The molecule has 1 aromatic heterocycles. The van der Waals surface area contributed by atoms with Crippen molar-refractivity contribution in [3.8, 4) is 0 Å². The molecule has 102 valence electrons. The van der Waals surface area contributed by atoms with E-state index in [0.29, 0.717) is 0 Å². The second-order valence-corrected chi connectivity index (χ2v) is 5.96. The molecule has 0 aliphatic carbocycles. The van der Waals surface area contributed by atoms with Crippen molar-refractivity contribution < 1.29 is 0 Å². The minimum atomic E-state index is 0.134.